The fourth-order valence-electron chi connectivity index (χ4n) is 3.94. The van der Waals surface area contributed by atoms with E-state index in [4.69, 9.17) is 0 Å². The number of carbonyl (C=O) groups is 2. The molecule has 1 aliphatic rings. The van der Waals surface area contributed by atoms with Gasteiger partial charge in [0.05, 0.1) is 12.5 Å². The Bertz CT molecular complexity index is 805. The topological polar surface area (TPSA) is 69.6 Å². The summed E-state index contributed by atoms with van der Waals surface area (Å²) in [5.74, 6) is -0.994. The number of aliphatic carboxylic acids is 1. The number of amides is 1. The molecule has 0 bridgehead atoms. The number of likely N-dealkylation sites (tertiary alicyclic amines) is 1. The molecule has 27 heavy (non-hydrogen) atoms. The van der Waals surface area contributed by atoms with Gasteiger partial charge in [0.1, 0.15) is 0 Å². The number of carboxylic acid groups (broad SMARTS) is 1. The molecule has 2 N–H and O–H groups in total. The van der Waals surface area contributed by atoms with E-state index in [2.05, 4.69) is 24.1 Å². The van der Waals surface area contributed by atoms with Gasteiger partial charge in [0.25, 0.3) is 0 Å². The van der Waals surface area contributed by atoms with E-state index in [0.29, 0.717) is 6.04 Å². The molecule has 0 aromatic heterocycles. The second-order valence-electron chi connectivity index (χ2n) is 7.63. The lowest BCUT2D eigenvalue weighted by Crippen LogP contribution is -2.44. The Hall–Kier alpha value is -2.40. The van der Waals surface area contributed by atoms with Gasteiger partial charge in [-0.05, 0) is 56.1 Å². The molecule has 0 saturated carbocycles. The maximum absolute atomic E-state index is 12.9. The summed E-state index contributed by atoms with van der Waals surface area (Å²) in [5, 5.41) is 14.4. The second-order valence-corrected chi connectivity index (χ2v) is 7.63. The molecule has 0 aliphatic carbocycles. The van der Waals surface area contributed by atoms with Crippen LogP contribution in [0.4, 0.5) is 0 Å². The summed E-state index contributed by atoms with van der Waals surface area (Å²) in [6.45, 7) is 6.16. The molecule has 0 spiro atoms. The molecule has 2 aromatic carbocycles. The van der Waals surface area contributed by atoms with Gasteiger partial charge in [0.15, 0.2) is 0 Å². The minimum atomic E-state index is -0.914. The van der Waals surface area contributed by atoms with Crippen LogP contribution in [0, 0.1) is 5.92 Å². The number of nitrogens with one attached hydrogen (secondary N) is 1. The van der Waals surface area contributed by atoms with Crippen molar-refractivity contribution in [2.75, 3.05) is 13.1 Å². The van der Waals surface area contributed by atoms with Crippen molar-refractivity contribution in [3.05, 3.63) is 48.0 Å². The van der Waals surface area contributed by atoms with Gasteiger partial charge in [-0.2, -0.15) is 0 Å². The van der Waals surface area contributed by atoms with E-state index in [9.17, 15) is 14.7 Å². The van der Waals surface area contributed by atoms with Crippen molar-refractivity contribution >= 4 is 22.6 Å². The van der Waals surface area contributed by atoms with Crippen molar-refractivity contribution in [1.82, 2.24) is 10.2 Å². The molecule has 1 unspecified atom stereocenters. The molecule has 2 aromatic rings. The van der Waals surface area contributed by atoms with Gasteiger partial charge >= 0.3 is 5.97 Å². The lowest BCUT2D eigenvalue weighted by Gasteiger charge is -2.34. The van der Waals surface area contributed by atoms with Gasteiger partial charge in [0, 0.05) is 12.0 Å². The zero-order valence-electron chi connectivity index (χ0n) is 16.0. The van der Waals surface area contributed by atoms with Crippen LogP contribution in [-0.2, 0) is 9.59 Å². The predicted molar refractivity (Wildman–Crippen MR) is 107 cm³/mol. The molecule has 5 heteroatoms. The first-order valence-electron chi connectivity index (χ1n) is 9.69. The highest BCUT2D eigenvalue weighted by Gasteiger charge is 2.28. The Labute approximate surface area is 160 Å². The number of benzene rings is 2. The zero-order chi connectivity index (χ0) is 19.4. The molecule has 1 fully saturated rings. The van der Waals surface area contributed by atoms with Gasteiger partial charge in [0.2, 0.25) is 5.91 Å². The van der Waals surface area contributed by atoms with E-state index in [1.807, 2.05) is 42.5 Å². The number of piperidine rings is 1. The first-order valence-corrected chi connectivity index (χ1v) is 9.69. The molecule has 5 nitrogen and oxygen atoms in total. The van der Waals surface area contributed by atoms with Crippen LogP contribution in [0.1, 0.15) is 44.7 Å². The third-order valence-corrected chi connectivity index (χ3v) is 5.52. The first-order chi connectivity index (χ1) is 13.0. The SMILES string of the molecule is CC(C)N1CCC(C(=O)NC(CC(=O)O)c2cccc3ccccc23)CC1. The molecule has 1 aliphatic heterocycles. The number of fused-ring (bicyclic) bond motifs is 1. The summed E-state index contributed by atoms with van der Waals surface area (Å²) >= 11 is 0. The molecule has 0 radical (unpaired) electrons. The summed E-state index contributed by atoms with van der Waals surface area (Å²) in [6, 6.07) is 13.7. The number of carboxylic acids is 1. The molecule has 1 atom stereocenters. The molecule has 3 rings (SSSR count). The molecule has 1 heterocycles. The van der Waals surface area contributed by atoms with E-state index >= 15 is 0 Å². The summed E-state index contributed by atoms with van der Waals surface area (Å²) in [5.41, 5.74) is 0.864. The van der Waals surface area contributed by atoms with Crippen molar-refractivity contribution in [3.8, 4) is 0 Å². The normalized spacial score (nSPS) is 17.1. The van der Waals surface area contributed by atoms with Crippen molar-refractivity contribution < 1.29 is 14.7 Å². The lowest BCUT2D eigenvalue weighted by molar-refractivity contribution is -0.138. The van der Waals surface area contributed by atoms with E-state index in [-0.39, 0.29) is 18.2 Å². The average Bonchev–Trinajstić information content (AvgIpc) is 2.66. The molecular weight excluding hydrogens is 340 g/mol. The lowest BCUT2D eigenvalue weighted by atomic mass is 9.92. The third kappa shape index (κ3) is 4.66. The highest BCUT2D eigenvalue weighted by Crippen LogP contribution is 2.28. The van der Waals surface area contributed by atoms with Gasteiger partial charge in [-0.1, -0.05) is 42.5 Å². The van der Waals surface area contributed by atoms with Gasteiger partial charge in [-0.15, -0.1) is 0 Å². The van der Waals surface area contributed by atoms with Gasteiger partial charge in [-0.25, -0.2) is 0 Å². The fraction of sp³-hybridized carbons (Fsp3) is 0.455. The number of carbonyl (C=O) groups excluding carboxylic acids is 1. The number of hydrogen-bond acceptors (Lipinski definition) is 3. The second kappa shape index (κ2) is 8.53. The van der Waals surface area contributed by atoms with Crippen molar-refractivity contribution in [2.24, 2.45) is 5.92 Å². The van der Waals surface area contributed by atoms with E-state index in [1.54, 1.807) is 0 Å². The number of hydrogen-bond donors (Lipinski definition) is 2. The first kappa shape index (κ1) is 19.4. The summed E-state index contributed by atoms with van der Waals surface area (Å²) in [6.07, 6.45) is 1.52. The average molecular weight is 368 g/mol. The smallest absolute Gasteiger partial charge is 0.305 e. The molecule has 1 amide bonds. The van der Waals surface area contributed by atoms with Crippen molar-refractivity contribution in [2.45, 2.75) is 45.2 Å². The van der Waals surface area contributed by atoms with Crippen LogP contribution in [0.25, 0.3) is 10.8 Å². The van der Waals surface area contributed by atoms with Crippen LogP contribution in [0.2, 0.25) is 0 Å². The maximum Gasteiger partial charge on any atom is 0.305 e. The Morgan fingerprint density at radius 3 is 2.44 bits per heavy atom. The van der Waals surface area contributed by atoms with E-state index < -0.39 is 12.0 Å². The largest absolute Gasteiger partial charge is 0.481 e. The standard InChI is InChI=1S/C22H28N2O3/c1-15(2)24-12-10-17(11-13-24)22(27)23-20(14-21(25)26)19-9-5-7-16-6-3-4-8-18(16)19/h3-9,15,17,20H,10-14H2,1-2H3,(H,23,27)(H,25,26). The molecular formula is C22H28N2O3. The summed E-state index contributed by atoms with van der Waals surface area (Å²) < 4.78 is 0. The van der Waals surface area contributed by atoms with Gasteiger partial charge < -0.3 is 15.3 Å². The third-order valence-electron chi connectivity index (χ3n) is 5.52. The van der Waals surface area contributed by atoms with E-state index in [1.165, 1.54) is 0 Å². The van der Waals surface area contributed by atoms with Crippen molar-refractivity contribution in [3.63, 3.8) is 0 Å². The quantitative estimate of drug-likeness (QED) is 0.817. The van der Waals surface area contributed by atoms with Crippen LogP contribution in [0.15, 0.2) is 42.5 Å². The van der Waals surface area contributed by atoms with Crippen LogP contribution in [0.5, 0.6) is 0 Å². The highest BCUT2D eigenvalue weighted by atomic mass is 16.4. The fourth-order valence-corrected chi connectivity index (χ4v) is 3.94. The Balaban J connectivity index is 1.77. The van der Waals surface area contributed by atoms with Crippen LogP contribution < -0.4 is 5.32 Å². The number of rotatable bonds is 6. The monoisotopic (exact) mass is 368 g/mol. The number of nitrogens with zero attached hydrogens (tertiary/aromatic N) is 1. The Morgan fingerprint density at radius 2 is 1.78 bits per heavy atom. The summed E-state index contributed by atoms with van der Waals surface area (Å²) in [7, 11) is 0. The van der Waals surface area contributed by atoms with E-state index in [0.717, 1.165) is 42.3 Å². The van der Waals surface area contributed by atoms with Gasteiger partial charge in [-0.3, -0.25) is 9.59 Å². The maximum atomic E-state index is 12.9. The zero-order valence-corrected chi connectivity index (χ0v) is 16.0. The Kier molecular flexibility index (Phi) is 6.11. The van der Waals surface area contributed by atoms with Crippen LogP contribution in [-0.4, -0.2) is 41.0 Å². The van der Waals surface area contributed by atoms with Crippen molar-refractivity contribution in [1.29, 1.82) is 0 Å². The Morgan fingerprint density at radius 1 is 1.11 bits per heavy atom. The van der Waals surface area contributed by atoms with Crippen LogP contribution in [0.3, 0.4) is 0 Å². The highest BCUT2D eigenvalue weighted by molar-refractivity contribution is 5.88. The van der Waals surface area contributed by atoms with Crippen LogP contribution >= 0.6 is 0 Å². The molecule has 1 saturated heterocycles. The predicted octanol–water partition coefficient (Wildman–Crippen LogP) is 3.59. The minimum Gasteiger partial charge on any atom is -0.481 e. The minimum absolute atomic E-state index is 0.0300. The molecule has 144 valence electrons. The summed E-state index contributed by atoms with van der Waals surface area (Å²) in [4.78, 5) is 26.7.